The number of hydrogen-bond acceptors (Lipinski definition) is 5. The highest BCUT2D eigenvalue weighted by molar-refractivity contribution is 7.85. The van der Waals surface area contributed by atoms with Gasteiger partial charge >= 0.3 is 6.18 Å². The van der Waals surface area contributed by atoms with Crippen molar-refractivity contribution < 1.29 is 40.8 Å². The molecule has 2 unspecified atom stereocenters. The zero-order valence-electron chi connectivity index (χ0n) is 22.7. The zero-order valence-corrected chi connectivity index (χ0v) is 23.5. The van der Waals surface area contributed by atoms with Gasteiger partial charge in [0.15, 0.2) is 0 Å². The van der Waals surface area contributed by atoms with Crippen LogP contribution in [0.3, 0.4) is 0 Å². The fourth-order valence-electron chi connectivity index (χ4n) is 4.51. The number of hydrogen-bond donors (Lipinski definition) is 3. The number of alkyl halides is 3. The summed E-state index contributed by atoms with van der Waals surface area (Å²) in [6.07, 6.45) is 3.70. The van der Waals surface area contributed by atoms with Crippen LogP contribution in [0.1, 0.15) is 90.0 Å². The van der Waals surface area contributed by atoms with Crippen molar-refractivity contribution in [1.82, 2.24) is 5.32 Å². The van der Waals surface area contributed by atoms with Crippen LogP contribution >= 0.6 is 0 Å². The molecule has 38 heavy (non-hydrogen) atoms. The summed E-state index contributed by atoms with van der Waals surface area (Å²) in [7, 11) is -4.00. The first-order valence-electron chi connectivity index (χ1n) is 13.4. The van der Waals surface area contributed by atoms with E-state index in [9.17, 15) is 36.0 Å². The highest BCUT2D eigenvalue weighted by atomic mass is 32.2. The molecule has 3 atom stereocenters. The summed E-state index contributed by atoms with van der Waals surface area (Å²) in [5.41, 5.74) is -3.94. The number of halogens is 3. The van der Waals surface area contributed by atoms with Crippen molar-refractivity contribution in [3.63, 3.8) is 0 Å². The second-order valence-electron chi connectivity index (χ2n) is 10.3. The molecular weight excluding hydrogens is 523 g/mol. The fourth-order valence-corrected chi connectivity index (χ4v) is 5.27. The quantitative estimate of drug-likeness (QED) is 0.145. The standard InChI is InChI=1S/C27H44F3NO6S/c1-21(2)16-12-9-7-5-4-6-8-10-15-19-24(32)23(20-38(34,35)36)31-25(33)26(37-3,27(28,29)30)22-17-13-11-14-18-22/h11,13-14,17-18,21,23-24,32H,4-10,12,15-16,19-20H2,1-3H3,(H,31,33)(H,34,35,36)/t23?,24?,26-/m0/s1. The average molecular weight is 568 g/mol. The molecule has 0 spiro atoms. The lowest BCUT2D eigenvalue weighted by Crippen LogP contribution is -2.60. The van der Waals surface area contributed by atoms with Gasteiger partial charge in [0.2, 0.25) is 0 Å². The van der Waals surface area contributed by atoms with Gasteiger partial charge in [-0.25, -0.2) is 0 Å². The Morgan fingerprint density at radius 2 is 1.39 bits per heavy atom. The van der Waals surface area contributed by atoms with Gasteiger partial charge in [0.25, 0.3) is 21.6 Å². The van der Waals surface area contributed by atoms with Crippen LogP contribution in [-0.2, 0) is 25.3 Å². The van der Waals surface area contributed by atoms with E-state index in [2.05, 4.69) is 13.8 Å². The summed E-state index contributed by atoms with van der Waals surface area (Å²) in [5, 5.41) is 12.6. The molecule has 0 heterocycles. The van der Waals surface area contributed by atoms with Crippen LogP contribution in [0.4, 0.5) is 13.2 Å². The highest BCUT2D eigenvalue weighted by Crippen LogP contribution is 2.42. The number of aliphatic hydroxyl groups excluding tert-OH is 1. The SMILES string of the molecule is CO[C@](C(=O)NC(CS(=O)(=O)O)C(O)CCCCCCCCCCCC(C)C)(c1ccccc1)C(F)(F)F. The van der Waals surface area contributed by atoms with E-state index in [4.69, 9.17) is 4.74 Å². The van der Waals surface area contributed by atoms with Gasteiger partial charge in [0.1, 0.15) is 0 Å². The maximum absolute atomic E-state index is 14.2. The molecule has 220 valence electrons. The Bertz CT molecular complexity index is 911. The van der Waals surface area contributed by atoms with E-state index in [1.54, 1.807) is 0 Å². The van der Waals surface area contributed by atoms with Crippen LogP contribution in [0.15, 0.2) is 30.3 Å². The lowest BCUT2D eigenvalue weighted by atomic mass is 9.91. The number of unbranched alkanes of at least 4 members (excludes halogenated alkanes) is 8. The third kappa shape index (κ3) is 11.6. The molecule has 0 aromatic heterocycles. The molecule has 1 rings (SSSR count). The molecule has 0 aliphatic heterocycles. The van der Waals surface area contributed by atoms with Crippen molar-refractivity contribution in [2.75, 3.05) is 12.9 Å². The smallest absolute Gasteiger partial charge is 0.391 e. The number of ether oxygens (including phenoxy) is 1. The number of nitrogens with one attached hydrogen (secondary N) is 1. The van der Waals surface area contributed by atoms with Crippen molar-refractivity contribution in [1.29, 1.82) is 0 Å². The Hall–Kier alpha value is -1.69. The summed E-state index contributed by atoms with van der Waals surface area (Å²) in [4.78, 5) is 13.0. The molecule has 7 nitrogen and oxygen atoms in total. The summed E-state index contributed by atoms with van der Waals surface area (Å²) in [5.74, 6) is -2.09. The van der Waals surface area contributed by atoms with E-state index in [0.29, 0.717) is 6.42 Å². The molecule has 0 saturated heterocycles. The Morgan fingerprint density at radius 1 is 0.921 bits per heavy atom. The molecule has 0 fully saturated rings. The van der Waals surface area contributed by atoms with E-state index in [1.165, 1.54) is 43.9 Å². The number of amides is 1. The Balaban J connectivity index is 2.71. The predicted octanol–water partition coefficient (Wildman–Crippen LogP) is 5.77. The molecule has 3 N–H and O–H groups in total. The Kier molecular flexibility index (Phi) is 14.8. The van der Waals surface area contributed by atoms with Gasteiger partial charge in [-0.05, 0) is 12.3 Å². The number of benzene rings is 1. The van der Waals surface area contributed by atoms with Crippen LogP contribution < -0.4 is 5.32 Å². The maximum Gasteiger partial charge on any atom is 0.430 e. The van der Waals surface area contributed by atoms with Gasteiger partial charge in [-0.15, -0.1) is 0 Å². The Labute approximate surface area is 225 Å². The third-order valence-corrected chi connectivity index (χ3v) is 7.44. The van der Waals surface area contributed by atoms with Crippen LogP contribution in [-0.4, -0.2) is 55.2 Å². The van der Waals surface area contributed by atoms with E-state index in [1.807, 2.05) is 5.32 Å². The molecule has 1 amide bonds. The normalized spacial score (nSPS) is 15.7. The predicted molar refractivity (Wildman–Crippen MR) is 141 cm³/mol. The number of rotatable bonds is 19. The molecule has 0 bridgehead atoms. The van der Waals surface area contributed by atoms with Crippen LogP contribution in [0.25, 0.3) is 0 Å². The second kappa shape index (κ2) is 16.4. The van der Waals surface area contributed by atoms with Gasteiger partial charge in [0.05, 0.1) is 17.9 Å². The average Bonchev–Trinajstić information content (AvgIpc) is 2.81. The van der Waals surface area contributed by atoms with E-state index in [-0.39, 0.29) is 6.42 Å². The molecule has 1 aromatic rings. The summed E-state index contributed by atoms with van der Waals surface area (Å²) in [6.45, 7) is 4.44. The van der Waals surface area contributed by atoms with Gasteiger partial charge in [-0.2, -0.15) is 21.6 Å². The van der Waals surface area contributed by atoms with E-state index >= 15 is 0 Å². The highest BCUT2D eigenvalue weighted by Gasteiger charge is 2.63. The number of aliphatic hydroxyl groups is 1. The topological polar surface area (TPSA) is 113 Å². The van der Waals surface area contributed by atoms with E-state index in [0.717, 1.165) is 57.3 Å². The van der Waals surface area contributed by atoms with Crippen molar-refractivity contribution in [2.45, 2.75) is 108 Å². The van der Waals surface area contributed by atoms with Crippen molar-refractivity contribution in [3.05, 3.63) is 35.9 Å². The van der Waals surface area contributed by atoms with Crippen LogP contribution in [0.5, 0.6) is 0 Å². The molecule has 0 radical (unpaired) electrons. The molecular formula is C27H44F3NO6S. The lowest BCUT2D eigenvalue weighted by molar-refractivity contribution is -0.266. The first kappa shape index (κ1) is 34.3. The third-order valence-electron chi connectivity index (χ3n) is 6.66. The van der Waals surface area contributed by atoms with Gasteiger partial charge in [-0.1, -0.05) is 108 Å². The second-order valence-corrected chi connectivity index (χ2v) is 11.8. The number of carbonyl (C=O) groups is 1. The van der Waals surface area contributed by atoms with Crippen LogP contribution in [0.2, 0.25) is 0 Å². The van der Waals surface area contributed by atoms with Crippen molar-refractivity contribution in [2.24, 2.45) is 5.92 Å². The van der Waals surface area contributed by atoms with Gasteiger partial charge in [-0.3, -0.25) is 9.35 Å². The monoisotopic (exact) mass is 567 g/mol. The van der Waals surface area contributed by atoms with Gasteiger partial charge in [0, 0.05) is 12.7 Å². The largest absolute Gasteiger partial charge is 0.430 e. The Morgan fingerprint density at radius 3 is 1.82 bits per heavy atom. The van der Waals surface area contributed by atoms with E-state index < -0.39 is 51.3 Å². The summed E-state index contributed by atoms with van der Waals surface area (Å²) >= 11 is 0. The zero-order chi connectivity index (χ0) is 28.8. The molecule has 0 saturated carbocycles. The first-order valence-corrected chi connectivity index (χ1v) is 15.0. The number of carbonyl (C=O) groups excluding carboxylic acids is 1. The fraction of sp³-hybridized carbons (Fsp3) is 0.741. The summed E-state index contributed by atoms with van der Waals surface area (Å²) in [6, 6.07) is 4.55. The molecule has 0 aliphatic rings. The minimum absolute atomic E-state index is 0.0486. The minimum Gasteiger partial charge on any atom is -0.391 e. The number of methoxy groups -OCH3 is 1. The van der Waals surface area contributed by atoms with Crippen LogP contribution in [0, 0.1) is 5.92 Å². The van der Waals surface area contributed by atoms with Gasteiger partial charge < -0.3 is 15.2 Å². The first-order chi connectivity index (χ1) is 17.7. The van der Waals surface area contributed by atoms with Crippen molar-refractivity contribution >= 4 is 16.0 Å². The molecule has 1 aromatic carbocycles. The minimum atomic E-state index is -5.20. The molecule has 0 aliphatic carbocycles. The summed E-state index contributed by atoms with van der Waals surface area (Å²) < 4.78 is 79.5. The maximum atomic E-state index is 14.2. The lowest BCUT2D eigenvalue weighted by Gasteiger charge is -2.35. The van der Waals surface area contributed by atoms with Crippen molar-refractivity contribution in [3.8, 4) is 0 Å². The molecule has 11 heteroatoms.